The van der Waals surface area contributed by atoms with E-state index in [4.69, 9.17) is 4.74 Å². The van der Waals surface area contributed by atoms with Crippen molar-refractivity contribution in [3.05, 3.63) is 58.7 Å². The first-order valence-electron chi connectivity index (χ1n) is 7.91. The Bertz CT molecular complexity index is 882. The molecule has 3 rings (SSSR count). The zero-order valence-electron chi connectivity index (χ0n) is 14.3. The van der Waals surface area contributed by atoms with Gasteiger partial charge >= 0.3 is 5.97 Å². The molecule has 0 saturated carbocycles. The number of aryl methyl sites for hydroxylation is 2. The first-order valence-corrected chi connectivity index (χ1v) is 7.91. The molecular formula is C18H20N4O2. The molecule has 0 unspecified atom stereocenters. The average molecular weight is 324 g/mol. The molecule has 2 aromatic heterocycles. The lowest BCUT2D eigenvalue weighted by molar-refractivity contribution is 0.0458. The maximum Gasteiger partial charge on any atom is 0.378 e. The molecule has 0 atom stereocenters. The number of carbonyl (C=O) groups excluding carboxylic acids is 1. The molecule has 0 radical (unpaired) electrons. The third kappa shape index (κ3) is 3.27. The Labute approximate surface area is 140 Å². The number of esters is 1. The van der Waals surface area contributed by atoms with Gasteiger partial charge in [0.1, 0.15) is 6.61 Å². The van der Waals surface area contributed by atoms with Gasteiger partial charge in [-0.1, -0.05) is 38.1 Å². The molecule has 0 N–H and O–H groups in total. The molecule has 0 spiro atoms. The first kappa shape index (κ1) is 16.1. The van der Waals surface area contributed by atoms with Crippen LogP contribution in [0.4, 0.5) is 0 Å². The monoisotopic (exact) mass is 324 g/mol. The molecule has 0 fully saturated rings. The molecule has 2 heterocycles. The maximum atomic E-state index is 12.2. The van der Waals surface area contributed by atoms with Crippen LogP contribution in [0, 0.1) is 13.8 Å². The van der Waals surface area contributed by atoms with Gasteiger partial charge in [-0.15, -0.1) is 5.10 Å². The zero-order chi connectivity index (χ0) is 17.3. The largest absolute Gasteiger partial charge is 0.455 e. The summed E-state index contributed by atoms with van der Waals surface area (Å²) in [7, 11) is 0. The van der Waals surface area contributed by atoms with Crippen LogP contribution in [0.25, 0.3) is 5.78 Å². The smallest absolute Gasteiger partial charge is 0.378 e. The summed E-state index contributed by atoms with van der Waals surface area (Å²) in [4.78, 5) is 20.6. The summed E-state index contributed by atoms with van der Waals surface area (Å²) >= 11 is 0. The van der Waals surface area contributed by atoms with Crippen LogP contribution in [0.3, 0.4) is 0 Å². The van der Waals surface area contributed by atoms with Gasteiger partial charge in [0.25, 0.3) is 11.6 Å². The normalized spacial score (nSPS) is 11.2. The number of hydrogen-bond donors (Lipinski definition) is 0. The number of fused-ring (bicyclic) bond motifs is 1. The van der Waals surface area contributed by atoms with Crippen LogP contribution < -0.4 is 0 Å². The summed E-state index contributed by atoms with van der Waals surface area (Å²) in [5.41, 5.74) is 3.89. The lowest BCUT2D eigenvalue weighted by atomic mass is 10.0. The molecule has 1 aromatic carbocycles. The Morgan fingerprint density at radius 2 is 1.88 bits per heavy atom. The minimum absolute atomic E-state index is 0.0231. The van der Waals surface area contributed by atoms with E-state index in [1.165, 1.54) is 5.56 Å². The third-order valence-corrected chi connectivity index (χ3v) is 3.82. The molecule has 6 heteroatoms. The Morgan fingerprint density at radius 3 is 2.54 bits per heavy atom. The van der Waals surface area contributed by atoms with Crippen LogP contribution in [0.2, 0.25) is 0 Å². The Morgan fingerprint density at radius 1 is 1.17 bits per heavy atom. The first-order chi connectivity index (χ1) is 11.4. The highest BCUT2D eigenvalue weighted by atomic mass is 16.5. The minimum Gasteiger partial charge on any atom is -0.455 e. The van der Waals surface area contributed by atoms with Crippen molar-refractivity contribution in [3.63, 3.8) is 0 Å². The maximum absolute atomic E-state index is 12.2. The van der Waals surface area contributed by atoms with Gasteiger partial charge in [0, 0.05) is 11.4 Å². The summed E-state index contributed by atoms with van der Waals surface area (Å²) in [5, 5.41) is 4.17. The van der Waals surface area contributed by atoms with E-state index >= 15 is 0 Å². The lowest BCUT2D eigenvalue weighted by Gasteiger charge is -2.07. The standard InChI is InChI=1S/C18H20N4O2/c1-11(2)15-7-5-14(6-8-15)10-24-17(23)16-20-18-19-12(3)9-13(4)22(18)21-16/h5-9,11H,10H2,1-4H3. The van der Waals surface area contributed by atoms with Crippen molar-refractivity contribution in [2.24, 2.45) is 0 Å². The van der Waals surface area contributed by atoms with Crippen LogP contribution in [-0.2, 0) is 11.3 Å². The molecule has 0 aliphatic carbocycles. The second kappa shape index (κ2) is 6.39. The zero-order valence-corrected chi connectivity index (χ0v) is 14.3. The van der Waals surface area contributed by atoms with Crippen molar-refractivity contribution < 1.29 is 9.53 Å². The van der Waals surface area contributed by atoms with Gasteiger partial charge in [-0.2, -0.15) is 4.98 Å². The molecule has 124 valence electrons. The molecule has 0 aliphatic rings. The van der Waals surface area contributed by atoms with Crippen molar-refractivity contribution in [2.45, 2.75) is 40.2 Å². The Kier molecular flexibility index (Phi) is 4.29. The molecule has 0 aliphatic heterocycles. The minimum atomic E-state index is -0.550. The van der Waals surface area contributed by atoms with Crippen molar-refractivity contribution in [3.8, 4) is 0 Å². The molecule has 3 aromatic rings. The number of nitrogens with zero attached hydrogens (tertiary/aromatic N) is 4. The highest BCUT2D eigenvalue weighted by Gasteiger charge is 2.16. The van der Waals surface area contributed by atoms with Crippen molar-refractivity contribution in [2.75, 3.05) is 0 Å². The van der Waals surface area contributed by atoms with Crippen LogP contribution in [0.5, 0.6) is 0 Å². The lowest BCUT2D eigenvalue weighted by Crippen LogP contribution is -2.08. The van der Waals surface area contributed by atoms with Crippen LogP contribution >= 0.6 is 0 Å². The summed E-state index contributed by atoms with van der Waals surface area (Å²) in [6.07, 6.45) is 0. The van der Waals surface area contributed by atoms with E-state index in [2.05, 4.69) is 28.9 Å². The Hall–Kier alpha value is -2.76. The van der Waals surface area contributed by atoms with Gasteiger partial charge in [-0.25, -0.2) is 14.3 Å². The predicted molar refractivity (Wildman–Crippen MR) is 89.9 cm³/mol. The topological polar surface area (TPSA) is 69.4 Å². The molecule has 0 bridgehead atoms. The second-order valence-corrected chi connectivity index (χ2v) is 6.16. The number of aromatic nitrogens is 4. The fraction of sp³-hybridized carbons (Fsp3) is 0.333. The highest BCUT2D eigenvalue weighted by Crippen LogP contribution is 2.15. The summed E-state index contributed by atoms with van der Waals surface area (Å²) in [6, 6.07) is 9.91. The number of rotatable bonds is 4. The van der Waals surface area contributed by atoms with E-state index in [0.29, 0.717) is 11.7 Å². The predicted octanol–water partition coefficient (Wildman–Crippen LogP) is 3.22. The van der Waals surface area contributed by atoms with E-state index in [9.17, 15) is 4.79 Å². The third-order valence-electron chi connectivity index (χ3n) is 3.82. The summed E-state index contributed by atoms with van der Waals surface area (Å²) in [6.45, 7) is 8.24. The van der Waals surface area contributed by atoms with E-state index in [1.54, 1.807) is 4.52 Å². The number of hydrogen-bond acceptors (Lipinski definition) is 5. The molecule has 0 saturated heterocycles. The van der Waals surface area contributed by atoms with Crippen LogP contribution in [0.1, 0.15) is 52.9 Å². The van der Waals surface area contributed by atoms with Gasteiger partial charge in [0.05, 0.1) is 0 Å². The van der Waals surface area contributed by atoms with E-state index < -0.39 is 5.97 Å². The molecule has 0 amide bonds. The van der Waals surface area contributed by atoms with E-state index in [1.807, 2.05) is 44.2 Å². The highest BCUT2D eigenvalue weighted by molar-refractivity contribution is 5.85. The van der Waals surface area contributed by atoms with Crippen molar-refractivity contribution >= 4 is 11.7 Å². The van der Waals surface area contributed by atoms with E-state index in [-0.39, 0.29) is 12.4 Å². The van der Waals surface area contributed by atoms with Crippen LogP contribution in [-0.4, -0.2) is 25.6 Å². The average Bonchev–Trinajstić information content (AvgIpc) is 2.97. The summed E-state index contributed by atoms with van der Waals surface area (Å²) in [5.74, 6) is 0.351. The molecule has 24 heavy (non-hydrogen) atoms. The fourth-order valence-electron chi connectivity index (χ4n) is 2.46. The van der Waals surface area contributed by atoms with Gasteiger partial charge in [-0.05, 0) is 37.0 Å². The quantitative estimate of drug-likeness (QED) is 0.689. The fourth-order valence-corrected chi connectivity index (χ4v) is 2.46. The van der Waals surface area contributed by atoms with Gasteiger partial charge in [0.2, 0.25) is 0 Å². The van der Waals surface area contributed by atoms with E-state index in [0.717, 1.165) is 17.0 Å². The number of carbonyl (C=O) groups is 1. The molecular weight excluding hydrogens is 304 g/mol. The SMILES string of the molecule is Cc1cc(C)n2nc(C(=O)OCc3ccc(C(C)C)cc3)nc2n1. The number of ether oxygens (including phenoxy) is 1. The molecule has 6 nitrogen and oxygen atoms in total. The van der Waals surface area contributed by atoms with Crippen molar-refractivity contribution in [1.82, 2.24) is 19.6 Å². The van der Waals surface area contributed by atoms with Crippen LogP contribution in [0.15, 0.2) is 30.3 Å². The van der Waals surface area contributed by atoms with Gasteiger partial charge < -0.3 is 4.74 Å². The Balaban J connectivity index is 1.72. The van der Waals surface area contributed by atoms with Crippen molar-refractivity contribution in [1.29, 1.82) is 0 Å². The second-order valence-electron chi connectivity index (χ2n) is 6.16. The number of benzene rings is 1. The van der Waals surface area contributed by atoms with Gasteiger partial charge in [0.15, 0.2) is 0 Å². The van der Waals surface area contributed by atoms with Gasteiger partial charge in [-0.3, -0.25) is 0 Å². The summed E-state index contributed by atoms with van der Waals surface area (Å²) < 4.78 is 6.85.